The number of hydrogen-bond donors (Lipinski definition) is 3. The second-order valence-corrected chi connectivity index (χ2v) is 5.97. The summed E-state index contributed by atoms with van der Waals surface area (Å²) in [6, 6.07) is 1.45. The summed E-state index contributed by atoms with van der Waals surface area (Å²) in [7, 11) is 0. The maximum Gasteiger partial charge on any atom is 0.296 e. The molecule has 0 saturated heterocycles. The van der Waals surface area contributed by atoms with Crippen LogP contribution in [0.5, 0.6) is 11.5 Å². The summed E-state index contributed by atoms with van der Waals surface area (Å²) < 4.78 is 1.45. The number of halogens is 2. The first kappa shape index (κ1) is 15.9. The summed E-state index contributed by atoms with van der Waals surface area (Å²) in [5.74, 6) is -0.355. The van der Waals surface area contributed by atoms with Gasteiger partial charge in [0.1, 0.15) is 21.7 Å². The van der Waals surface area contributed by atoms with E-state index in [1.165, 1.54) is 19.2 Å². The van der Waals surface area contributed by atoms with Gasteiger partial charge in [-0.2, -0.15) is 14.9 Å². The number of aryl methyl sites for hydroxylation is 1. The number of aromatic amines is 1. The van der Waals surface area contributed by atoms with Crippen LogP contribution >= 0.6 is 44.1 Å². The van der Waals surface area contributed by atoms with Gasteiger partial charge in [0.2, 0.25) is 4.77 Å². The molecule has 1 aromatic heterocycles. The Balaban J connectivity index is 2.56. The Labute approximate surface area is 140 Å². The molecule has 0 aliphatic heterocycles. The van der Waals surface area contributed by atoms with E-state index in [1.54, 1.807) is 0 Å². The third kappa shape index (κ3) is 3.06. The number of rotatable bonds is 2. The normalized spacial score (nSPS) is 11.2. The van der Waals surface area contributed by atoms with E-state index in [0.717, 1.165) is 4.68 Å². The van der Waals surface area contributed by atoms with Crippen LogP contribution in [0.25, 0.3) is 0 Å². The molecular formula is C11H8Br2N4O3S. The van der Waals surface area contributed by atoms with Gasteiger partial charge in [-0.1, -0.05) is 0 Å². The Hall–Kier alpha value is -1.52. The number of hydrogen-bond acceptors (Lipinski definition) is 6. The zero-order valence-electron chi connectivity index (χ0n) is 10.5. The van der Waals surface area contributed by atoms with Crippen molar-refractivity contribution in [2.45, 2.75) is 6.92 Å². The van der Waals surface area contributed by atoms with Crippen LogP contribution < -0.4 is 5.56 Å². The molecule has 0 saturated carbocycles. The molecule has 2 aromatic rings. The third-order valence-electron chi connectivity index (χ3n) is 2.52. The number of phenols is 2. The van der Waals surface area contributed by atoms with Crippen LogP contribution in [0.15, 0.2) is 24.9 Å². The molecule has 0 atom stereocenters. The van der Waals surface area contributed by atoms with Gasteiger partial charge in [-0.3, -0.25) is 9.89 Å². The van der Waals surface area contributed by atoms with Crippen molar-refractivity contribution in [1.29, 1.82) is 0 Å². The Kier molecular flexibility index (Phi) is 4.59. The van der Waals surface area contributed by atoms with Crippen molar-refractivity contribution in [3.8, 4) is 11.5 Å². The molecule has 10 heteroatoms. The molecule has 1 aromatic carbocycles. The Bertz CT molecular complexity index is 860. The molecule has 0 fully saturated rings. The molecule has 0 bridgehead atoms. The number of aromatic nitrogens is 3. The number of H-pyrrole nitrogens is 1. The summed E-state index contributed by atoms with van der Waals surface area (Å²) in [5.41, 5.74) is 0.0201. The fourth-order valence-electron chi connectivity index (χ4n) is 1.41. The minimum Gasteiger partial charge on any atom is -0.506 e. The van der Waals surface area contributed by atoms with Crippen LogP contribution in [-0.2, 0) is 0 Å². The minimum atomic E-state index is -0.466. The van der Waals surface area contributed by atoms with Gasteiger partial charge < -0.3 is 10.2 Å². The maximum absolute atomic E-state index is 11.9. The second kappa shape index (κ2) is 6.08. The van der Waals surface area contributed by atoms with Gasteiger partial charge in [-0.05, 0) is 57.1 Å². The average molecular weight is 436 g/mol. The Morgan fingerprint density at radius 1 is 1.43 bits per heavy atom. The minimum absolute atomic E-state index is 0.0262. The van der Waals surface area contributed by atoms with Gasteiger partial charge in [0.15, 0.2) is 0 Å². The van der Waals surface area contributed by atoms with E-state index < -0.39 is 5.56 Å². The molecule has 0 unspecified atom stereocenters. The van der Waals surface area contributed by atoms with E-state index in [4.69, 9.17) is 12.2 Å². The summed E-state index contributed by atoms with van der Waals surface area (Å²) in [6.07, 6.45) is 1.24. The van der Waals surface area contributed by atoms with Crippen molar-refractivity contribution >= 4 is 50.3 Å². The number of aromatic hydroxyl groups is 2. The summed E-state index contributed by atoms with van der Waals surface area (Å²) in [4.78, 5) is 11.9. The van der Waals surface area contributed by atoms with Gasteiger partial charge in [-0.15, -0.1) is 0 Å². The third-order valence-corrected chi connectivity index (χ3v) is 4.14. The molecule has 7 nitrogen and oxygen atoms in total. The monoisotopic (exact) mass is 434 g/mol. The molecule has 0 aliphatic carbocycles. The van der Waals surface area contributed by atoms with Crippen LogP contribution in [0.4, 0.5) is 0 Å². The average Bonchev–Trinajstić information content (AvgIpc) is 2.46. The fourth-order valence-corrected chi connectivity index (χ4v) is 2.74. The molecule has 110 valence electrons. The van der Waals surface area contributed by atoms with Crippen molar-refractivity contribution in [2.75, 3.05) is 0 Å². The predicted octanol–water partition coefficient (Wildman–Crippen LogP) is 2.43. The molecule has 0 amide bonds. The lowest BCUT2D eigenvalue weighted by Crippen LogP contribution is -2.22. The smallest absolute Gasteiger partial charge is 0.296 e. The summed E-state index contributed by atoms with van der Waals surface area (Å²) >= 11 is 11.1. The lowest BCUT2D eigenvalue weighted by atomic mass is 10.2. The highest BCUT2D eigenvalue weighted by atomic mass is 79.9. The number of nitrogens with zero attached hydrogens (tertiary/aromatic N) is 3. The molecule has 3 N–H and O–H groups in total. The summed E-state index contributed by atoms with van der Waals surface area (Å²) in [6.45, 7) is 1.52. The summed E-state index contributed by atoms with van der Waals surface area (Å²) in [5, 5.41) is 29.7. The van der Waals surface area contributed by atoms with Gasteiger partial charge in [-0.25, -0.2) is 0 Å². The lowest BCUT2D eigenvalue weighted by Gasteiger charge is -2.06. The van der Waals surface area contributed by atoms with Crippen molar-refractivity contribution in [1.82, 2.24) is 14.9 Å². The van der Waals surface area contributed by atoms with E-state index >= 15 is 0 Å². The molecule has 0 aliphatic rings. The van der Waals surface area contributed by atoms with E-state index in [9.17, 15) is 15.0 Å². The van der Waals surface area contributed by atoms with Crippen LogP contribution in [0.1, 0.15) is 11.3 Å². The van der Waals surface area contributed by atoms with E-state index in [2.05, 4.69) is 47.2 Å². The number of nitrogens with one attached hydrogen (secondary N) is 1. The first-order valence-corrected chi connectivity index (χ1v) is 7.45. The van der Waals surface area contributed by atoms with Crippen LogP contribution in [0, 0.1) is 11.7 Å². The highest BCUT2D eigenvalue weighted by molar-refractivity contribution is 9.11. The lowest BCUT2D eigenvalue weighted by molar-refractivity contribution is 0.441. The second-order valence-electron chi connectivity index (χ2n) is 3.93. The maximum atomic E-state index is 11.9. The van der Waals surface area contributed by atoms with E-state index in [0.29, 0.717) is 4.47 Å². The van der Waals surface area contributed by atoms with Gasteiger partial charge >= 0.3 is 0 Å². The van der Waals surface area contributed by atoms with Crippen LogP contribution in [0.2, 0.25) is 0 Å². The molecule has 21 heavy (non-hydrogen) atoms. The highest BCUT2D eigenvalue weighted by Crippen LogP contribution is 2.40. The SMILES string of the molecule is Cc1n[nH]c(=S)n(N=Cc2cc(Br)c(O)c(Br)c2O)c1=O. The Morgan fingerprint density at radius 3 is 2.76 bits per heavy atom. The fraction of sp³-hybridized carbons (Fsp3) is 0.0909. The van der Waals surface area contributed by atoms with Gasteiger partial charge in [0.25, 0.3) is 5.56 Å². The number of phenolic OH excluding ortho intramolecular Hbond substituents is 2. The molecule has 0 spiro atoms. The highest BCUT2D eigenvalue weighted by Gasteiger charge is 2.13. The van der Waals surface area contributed by atoms with E-state index in [-0.39, 0.29) is 32.0 Å². The molecule has 1 heterocycles. The Morgan fingerprint density at radius 2 is 2.10 bits per heavy atom. The predicted molar refractivity (Wildman–Crippen MR) is 86.6 cm³/mol. The van der Waals surface area contributed by atoms with Crippen LogP contribution in [0.3, 0.4) is 0 Å². The van der Waals surface area contributed by atoms with Gasteiger partial charge in [0, 0.05) is 5.56 Å². The van der Waals surface area contributed by atoms with Crippen molar-refractivity contribution in [2.24, 2.45) is 5.10 Å². The van der Waals surface area contributed by atoms with Crippen molar-refractivity contribution in [3.63, 3.8) is 0 Å². The molecule has 0 radical (unpaired) electrons. The first-order chi connectivity index (χ1) is 9.82. The van der Waals surface area contributed by atoms with Crippen molar-refractivity contribution < 1.29 is 10.2 Å². The van der Waals surface area contributed by atoms with Gasteiger partial charge in [0.05, 0.1) is 10.7 Å². The quantitative estimate of drug-likeness (QED) is 0.496. The largest absolute Gasteiger partial charge is 0.506 e. The molecule has 2 rings (SSSR count). The molecular weight excluding hydrogens is 428 g/mol. The zero-order valence-corrected chi connectivity index (χ0v) is 14.5. The first-order valence-electron chi connectivity index (χ1n) is 5.45. The van der Waals surface area contributed by atoms with Crippen molar-refractivity contribution in [3.05, 3.63) is 41.4 Å². The standard InChI is InChI=1S/C11H8Br2N4O3S/c1-4-10(20)17(11(21)16-15-4)14-3-5-2-6(12)9(19)7(13)8(5)18/h2-3,18-19H,1H3,(H,16,21). The van der Waals surface area contributed by atoms with E-state index in [1.807, 2.05) is 0 Å². The topological polar surface area (TPSA) is 104 Å². The van der Waals surface area contributed by atoms with Crippen LogP contribution in [-0.4, -0.2) is 31.3 Å². The zero-order chi connectivity index (χ0) is 15.7. The number of benzene rings is 1.